The zero-order valence-electron chi connectivity index (χ0n) is 11.5. The number of benzene rings is 1. The van der Waals surface area contributed by atoms with E-state index in [4.69, 9.17) is 0 Å². The number of carbonyl (C=O) groups excluding carboxylic acids is 1. The maximum Gasteiger partial charge on any atom is 0.223 e. The van der Waals surface area contributed by atoms with Crippen LogP contribution in [0.25, 0.3) is 0 Å². The molecule has 1 N–H and O–H groups in total. The fourth-order valence-electron chi connectivity index (χ4n) is 2.14. The van der Waals surface area contributed by atoms with Crippen LogP contribution in [0.1, 0.15) is 13.3 Å². The Balaban J connectivity index is 0.00000200. The van der Waals surface area contributed by atoms with Crippen LogP contribution < -0.4 is 5.32 Å². The van der Waals surface area contributed by atoms with Crippen molar-refractivity contribution in [2.45, 2.75) is 24.3 Å². The van der Waals surface area contributed by atoms with Gasteiger partial charge in [-0.1, -0.05) is 15.9 Å². The van der Waals surface area contributed by atoms with Gasteiger partial charge in [0.15, 0.2) is 0 Å². The molecule has 1 heterocycles. The molecule has 0 unspecified atom stereocenters. The minimum Gasteiger partial charge on any atom is -0.337 e. The minimum atomic E-state index is 0. The molecule has 0 aliphatic carbocycles. The normalized spacial score (nSPS) is 18.5. The van der Waals surface area contributed by atoms with E-state index in [0.29, 0.717) is 12.5 Å². The Morgan fingerprint density at radius 2 is 2.15 bits per heavy atom. The highest BCUT2D eigenvalue weighted by Gasteiger charge is 2.22. The van der Waals surface area contributed by atoms with Crippen LogP contribution in [0.3, 0.4) is 0 Å². The number of carbonyl (C=O) groups is 1. The Morgan fingerprint density at radius 1 is 1.45 bits per heavy atom. The van der Waals surface area contributed by atoms with E-state index < -0.39 is 0 Å². The zero-order valence-corrected chi connectivity index (χ0v) is 14.7. The molecule has 1 aliphatic rings. The van der Waals surface area contributed by atoms with Gasteiger partial charge in [0.25, 0.3) is 0 Å². The SMILES string of the molecule is C[C@@H]1CNCCN1C(=O)CCSc1ccc(Br)cc1.Cl. The van der Waals surface area contributed by atoms with Crippen molar-refractivity contribution >= 4 is 46.0 Å². The Bertz CT molecular complexity index is 430. The van der Waals surface area contributed by atoms with Gasteiger partial charge >= 0.3 is 0 Å². The van der Waals surface area contributed by atoms with Crippen LogP contribution in [0.2, 0.25) is 0 Å². The predicted octanol–water partition coefficient (Wildman–Crippen LogP) is 3.17. The predicted molar refractivity (Wildman–Crippen MR) is 90.8 cm³/mol. The van der Waals surface area contributed by atoms with Crippen LogP contribution >= 0.6 is 40.1 Å². The third-order valence-corrected chi connectivity index (χ3v) is 4.76. The van der Waals surface area contributed by atoms with Crippen LogP contribution in [0.15, 0.2) is 33.6 Å². The highest BCUT2D eigenvalue weighted by Crippen LogP contribution is 2.21. The van der Waals surface area contributed by atoms with Crippen molar-refractivity contribution in [1.29, 1.82) is 0 Å². The van der Waals surface area contributed by atoms with E-state index in [2.05, 4.69) is 40.3 Å². The smallest absolute Gasteiger partial charge is 0.223 e. The number of nitrogens with one attached hydrogen (secondary N) is 1. The molecule has 0 saturated carbocycles. The van der Waals surface area contributed by atoms with Gasteiger partial charge in [-0.05, 0) is 31.2 Å². The summed E-state index contributed by atoms with van der Waals surface area (Å²) in [5, 5.41) is 3.30. The fraction of sp³-hybridized carbons (Fsp3) is 0.500. The fourth-order valence-corrected chi connectivity index (χ4v) is 3.25. The summed E-state index contributed by atoms with van der Waals surface area (Å²) in [6.07, 6.45) is 0.616. The van der Waals surface area contributed by atoms with E-state index >= 15 is 0 Å². The molecule has 1 aromatic carbocycles. The van der Waals surface area contributed by atoms with Gasteiger partial charge in [0.1, 0.15) is 0 Å². The summed E-state index contributed by atoms with van der Waals surface area (Å²) in [5.41, 5.74) is 0. The monoisotopic (exact) mass is 378 g/mol. The summed E-state index contributed by atoms with van der Waals surface area (Å²) in [6, 6.07) is 8.53. The number of halogens is 2. The van der Waals surface area contributed by atoms with Crippen molar-refractivity contribution in [2.75, 3.05) is 25.4 Å². The van der Waals surface area contributed by atoms with Crippen LogP contribution in [-0.4, -0.2) is 42.2 Å². The first kappa shape index (κ1) is 17.8. The third kappa shape index (κ3) is 5.28. The molecule has 3 nitrogen and oxygen atoms in total. The Labute approximate surface area is 139 Å². The molecule has 0 radical (unpaired) electrons. The average molecular weight is 380 g/mol. The molecular formula is C14H20BrClN2OS. The lowest BCUT2D eigenvalue weighted by Gasteiger charge is -2.34. The number of hydrogen-bond acceptors (Lipinski definition) is 3. The van der Waals surface area contributed by atoms with Crippen molar-refractivity contribution in [3.05, 3.63) is 28.7 Å². The second-order valence-corrected chi connectivity index (χ2v) is 6.78. The molecule has 0 bridgehead atoms. The second kappa shape index (κ2) is 8.93. The van der Waals surface area contributed by atoms with E-state index in [-0.39, 0.29) is 18.3 Å². The number of rotatable bonds is 4. The summed E-state index contributed by atoms with van der Waals surface area (Å²) in [5.74, 6) is 1.12. The van der Waals surface area contributed by atoms with E-state index in [1.807, 2.05) is 17.0 Å². The summed E-state index contributed by atoms with van der Waals surface area (Å²) < 4.78 is 1.09. The second-order valence-electron chi connectivity index (χ2n) is 4.69. The van der Waals surface area contributed by atoms with Gasteiger partial charge in [-0.15, -0.1) is 24.2 Å². The molecule has 1 aliphatic heterocycles. The standard InChI is InChI=1S/C14H19BrN2OS.ClH/c1-11-10-16-7-8-17(11)14(18)6-9-19-13-4-2-12(15)3-5-13;/h2-5,11,16H,6-10H2,1H3;1H/t11-;/m1./s1. The molecule has 0 aromatic heterocycles. The molecule has 1 atom stereocenters. The molecule has 1 aromatic rings. The summed E-state index contributed by atoms with van der Waals surface area (Å²) >= 11 is 5.16. The van der Waals surface area contributed by atoms with Gasteiger partial charge in [0.2, 0.25) is 5.91 Å². The molecule has 6 heteroatoms. The van der Waals surface area contributed by atoms with E-state index in [0.717, 1.165) is 29.9 Å². The average Bonchev–Trinajstić information content (AvgIpc) is 2.41. The topological polar surface area (TPSA) is 32.3 Å². The molecule has 20 heavy (non-hydrogen) atoms. The number of hydrogen-bond donors (Lipinski definition) is 1. The van der Waals surface area contributed by atoms with Crippen molar-refractivity contribution in [3.8, 4) is 0 Å². The molecule has 112 valence electrons. The summed E-state index contributed by atoms with van der Waals surface area (Å²) in [4.78, 5) is 15.3. The first-order valence-corrected chi connectivity index (χ1v) is 8.33. The molecular weight excluding hydrogens is 360 g/mol. The maximum atomic E-state index is 12.1. The lowest BCUT2D eigenvalue weighted by Crippen LogP contribution is -2.52. The Hall–Kier alpha value is -0.230. The van der Waals surface area contributed by atoms with Crippen LogP contribution in [0.4, 0.5) is 0 Å². The molecule has 2 rings (SSSR count). The highest BCUT2D eigenvalue weighted by molar-refractivity contribution is 9.10. The van der Waals surface area contributed by atoms with Crippen molar-refractivity contribution < 1.29 is 4.79 Å². The first-order chi connectivity index (χ1) is 9.16. The lowest BCUT2D eigenvalue weighted by atomic mass is 10.2. The molecule has 1 amide bonds. The van der Waals surface area contributed by atoms with Gasteiger partial charge in [0.05, 0.1) is 0 Å². The van der Waals surface area contributed by atoms with Crippen molar-refractivity contribution in [3.63, 3.8) is 0 Å². The molecule has 0 spiro atoms. The van der Waals surface area contributed by atoms with Crippen LogP contribution in [-0.2, 0) is 4.79 Å². The first-order valence-electron chi connectivity index (χ1n) is 6.55. The van der Waals surface area contributed by atoms with Crippen LogP contribution in [0.5, 0.6) is 0 Å². The van der Waals surface area contributed by atoms with Gasteiger partial charge in [0, 0.05) is 47.2 Å². The largest absolute Gasteiger partial charge is 0.337 e. The molecule has 1 saturated heterocycles. The highest BCUT2D eigenvalue weighted by atomic mass is 79.9. The molecule has 1 fully saturated rings. The van der Waals surface area contributed by atoms with Gasteiger partial charge in [-0.25, -0.2) is 0 Å². The number of nitrogens with zero attached hydrogens (tertiary/aromatic N) is 1. The van der Waals surface area contributed by atoms with Gasteiger partial charge in [-0.2, -0.15) is 0 Å². The Morgan fingerprint density at radius 3 is 2.80 bits per heavy atom. The van der Waals surface area contributed by atoms with Crippen LogP contribution in [0, 0.1) is 0 Å². The van der Waals surface area contributed by atoms with E-state index in [1.54, 1.807) is 11.8 Å². The van der Waals surface area contributed by atoms with Crippen molar-refractivity contribution in [2.24, 2.45) is 0 Å². The third-order valence-electron chi connectivity index (χ3n) is 3.22. The van der Waals surface area contributed by atoms with E-state index in [9.17, 15) is 4.79 Å². The maximum absolute atomic E-state index is 12.1. The zero-order chi connectivity index (χ0) is 13.7. The quantitative estimate of drug-likeness (QED) is 0.816. The van der Waals surface area contributed by atoms with Gasteiger partial charge < -0.3 is 10.2 Å². The van der Waals surface area contributed by atoms with Crippen molar-refractivity contribution in [1.82, 2.24) is 10.2 Å². The number of thioether (sulfide) groups is 1. The number of piperazine rings is 1. The minimum absolute atomic E-state index is 0. The van der Waals surface area contributed by atoms with E-state index in [1.165, 1.54) is 4.90 Å². The van der Waals surface area contributed by atoms with Gasteiger partial charge in [-0.3, -0.25) is 4.79 Å². The lowest BCUT2D eigenvalue weighted by molar-refractivity contribution is -0.133. The Kier molecular flexibility index (Phi) is 7.95. The summed E-state index contributed by atoms with van der Waals surface area (Å²) in [6.45, 7) is 4.76. The summed E-state index contributed by atoms with van der Waals surface area (Å²) in [7, 11) is 0. The number of amides is 1.